The van der Waals surface area contributed by atoms with E-state index in [4.69, 9.17) is 25.5 Å². The highest BCUT2D eigenvalue weighted by Gasteiger charge is 2.09. The number of hydrogen-bond acceptors (Lipinski definition) is 3. The number of halogens is 4. The van der Waals surface area contributed by atoms with Crippen molar-refractivity contribution in [3.05, 3.63) is 25.6 Å². The SMILES string of the molecule is CC(Cl)CO[SiH2]OOc1ccc(Br)c(Br)c1Br. The summed E-state index contributed by atoms with van der Waals surface area (Å²) < 4.78 is 12.9. The zero-order valence-electron chi connectivity index (χ0n) is 8.88. The molecule has 8 heteroatoms. The molecule has 1 aromatic carbocycles. The van der Waals surface area contributed by atoms with Crippen LogP contribution in [-0.2, 0) is 9.00 Å². The van der Waals surface area contributed by atoms with Gasteiger partial charge in [-0.05, 0) is 66.8 Å². The average molecular weight is 469 g/mol. The van der Waals surface area contributed by atoms with E-state index in [-0.39, 0.29) is 5.38 Å². The van der Waals surface area contributed by atoms with Crippen molar-refractivity contribution < 1.29 is 13.9 Å². The lowest BCUT2D eigenvalue weighted by atomic mass is 10.3. The van der Waals surface area contributed by atoms with Gasteiger partial charge >= 0.3 is 10.0 Å². The summed E-state index contributed by atoms with van der Waals surface area (Å²) in [4.78, 5) is 5.15. The summed E-state index contributed by atoms with van der Waals surface area (Å²) in [7, 11) is -1.17. The van der Waals surface area contributed by atoms with E-state index >= 15 is 0 Å². The topological polar surface area (TPSA) is 27.7 Å². The van der Waals surface area contributed by atoms with Gasteiger partial charge in [0.05, 0.1) is 16.5 Å². The van der Waals surface area contributed by atoms with E-state index < -0.39 is 10.0 Å². The summed E-state index contributed by atoms with van der Waals surface area (Å²) in [6, 6.07) is 3.65. The van der Waals surface area contributed by atoms with E-state index in [9.17, 15) is 0 Å². The molecule has 0 radical (unpaired) electrons. The van der Waals surface area contributed by atoms with Gasteiger partial charge < -0.3 is 9.31 Å². The van der Waals surface area contributed by atoms with Gasteiger partial charge in [0, 0.05) is 8.95 Å². The van der Waals surface area contributed by atoms with Crippen LogP contribution in [0, 0.1) is 0 Å². The molecule has 0 N–H and O–H groups in total. The molecule has 0 amide bonds. The van der Waals surface area contributed by atoms with Crippen LogP contribution in [0.5, 0.6) is 5.75 Å². The molecule has 96 valence electrons. The smallest absolute Gasteiger partial charge is 0.360 e. The first-order valence-corrected chi connectivity index (χ1v) is 8.64. The van der Waals surface area contributed by atoms with E-state index in [1.807, 2.05) is 13.0 Å². The second-order valence-corrected chi connectivity index (χ2v) is 7.21. The van der Waals surface area contributed by atoms with Crippen molar-refractivity contribution in [2.45, 2.75) is 12.3 Å². The molecule has 0 spiro atoms. The maximum absolute atomic E-state index is 5.72. The van der Waals surface area contributed by atoms with Crippen LogP contribution in [-0.4, -0.2) is 22.0 Å². The van der Waals surface area contributed by atoms with Crippen molar-refractivity contribution in [1.82, 2.24) is 0 Å². The summed E-state index contributed by atoms with van der Waals surface area (Å²) in [5, 5.41) is -0.0142. The first-order chi connectivity index (χ1) is 8.02. The fourth-order valence-corrected chi connectivity index (χ4v) is 3.17. The van der Waals surface area contributed by atoms with Crippen molar-refractivity contribution in [2.75, 3.05) is 6.61 Å². The summed E-state index contributed by atoms with van der Waals surface area (Å²) in [6.45, 7) is 2.33. The monoisotopic (exact) mass is 466 g/mol. The zero-order valence-corrected chi connectivity index (χ0v) is 15.8. The third-order valence-electron chi connectivity index (χ3n) is 1.63. The molecule has 3 nitrogen and oxygen atoms in total. The Kier molecular flexibility index (Phi) is 7.63. The average Bonchev–Trinajstić information content (AvgIpc) is 2.28. The Hall–Kier alpha value is 0.887. The first-order valence-electron chi connectivity index (χ1n) is 4.67. The van der Waals surface area contributed by atoms with Crippen LogP contribution in [0.25, 0.3) is 0 Å². The highest BCUT2D eigenvalue weighted by Crippen LogP contribution is 2.37. The molecule has 1 atom stereocenters. The van der Waals surface area contributed by atoms with Gasteiger partial charge in [-0.1, -0.05) is 0 Å². The number of rotatable bonds is 6. The number of benzene rings is 1. The third kappa shape index (κ3) is 5.58. The van der Waals surface area contributed by atoms with Crippen LogP contribution in [0.1, 0.15) is 6.92 Å². The quantitative estimate of drug-likeness (QED) is 0.158. The van der Waals surface area contributed by atoms with Crippen LogP contribution in [0.2, 0.25) is 0 Å². The predicted molar refractivity (Wildman–Crippen MR) is 81.1 cm³/mol. The van der Waals surface area contributed by atoms with E-state index in [0.717, 1.165) is 13.4 Å². The maximum Gasteiger partial charge on any atom is 0.360 e. The summed E-state index contributed by atoms with van der Waals surface area (Å²) in [6.07, 6.45) is 0. The van der Waals surface area contributed by atoms with Gasteiger partial charge in [-0.25, -0.2) is 4.58 Å². The molecule has 1 unspecified atom stereocenters. The molecule has 0 aliphatic heterocycles. The normalized spacial score (nSPS) is 13.2. The third-order valence-corrected chi connectivity index (χ3v) is 5.71. The van der Waals surface area contributed by atoms with Crippen molar-refractivity contribution in [2.24, 2.45) is 0 Å². The van der Waals surface area contributed by atoms with E-state index in [2.05, 4.69) is 47.8 Å². The van der Waals surface area contributed by atoms with E-state index in [1.165, 1.54) is 0 Å². The minimum Gasteiger partial charge on any atom is -0.395 e. The molecule has 0 saturated carbocycles. The van der Waals surface area contributed by atoms with E-state index in [1.54, 1.807) is 6.07 Å². The second-order valence-electron chi connectivity index (χ2n) is 3.14. The molecule has 0 heterocycles. The zero-order chi connectivity index (χ0) is 12.8. The van der Waals surface area contributed by atoms with Crippen LogP contribution in [0.3, 0.4) is 0 Å². The second kappa shape index (κ2) is 8.14. The van der Waals surface area contributed by atoms with Crippen LogP contribution in [0.4, 0.5) is 0 Å². The lowest BCUT2D eigenvalue weighted by molar-refractivity contribution is -0.116. The van der Waals surface area contributed by atoms with E-state index in [0.29, 0.717) is 12.4 Å². The summed E-state index contributed by atoms with van der Waals surface area (Å²) in [5.41, 5.74) is 0. The predicted octanol–water partition coefficient (Wildman–Crippen LogP) is 3.93. The number of hydrogen-bond donors (Lipinski definition) is 0. The molecular weight excluding hydrogens is 459 g/mol. The standard InChI is InChI=1S/C9H10Br3ClO3Si/c1-5(13)4-14-17-16-15-7-3-2-6(10)8(11)9(7)12/h2-3,5H,4,17H2,1H3. The highest BCUT2D eigenvalue weighted by molar-refractivity contribution is 9.14. The molecule has 0 bridgehead atoms. The van der Waals surface area contributed by atoms with Gasteiger partial charge in [0.2, 0.25) is 0 Å². The maximum atomic E-state index is 5.72. The van der Waals surface area contributed by atoms with Crippen LogP contribution >= 0.6 is 59.4 Å². The lowest BCUT2D eigenvalue weighted by Gasteiger charge is -2.09. The minimum absolute atomic E-state index is 0.0142. The molecule has 0 aromatic heterocycles. The van der Waals surface area contributed by atoms with Gasteiger partial charge in [-0.3, -0.25) is 0 Å². The lowest BCUT2D eigenvalue weighted by Crippen LogP contribution is -2.13. The molecular formula is C9H10Br3ClO3Si. The van der Waals surface area contributed by atoms with Crippen molar-refractivity contribution >= 4 is 69.4 Å². The molecule has 0 fully saturated rings. The Labute approximate surface area is 133 Å². The van der Waals surface area contributed by atoms with Gasteiger partial charge in [0.1, 0.15) is 0 Å². The Morgan fingerprint density at radius 3 is 2.65 bits per heavy atom. The fourth-order valence-electron chi connectivity index (χ4n) is 0.905. The Bertz CT molecular complexity index is 379. The van der Waals surface area contributed by atoms with Crippen LogP contribution in [0.15, 0.2) is 25.6 Å². The Morgan fingerprint density at radius 2 is 2.00 bits per heavy atom. The summed E-state index contributed by atoms with van der Waals surface area (Å²) >= 11 is 15.9. The van der Waals surface area contributed by atoms with Gasteiger partial charge in [0.15, 0.2) is 5.75 Å². The first kappa shape index (κ1) is 15.9. The van der Waals surface area contributed by atoms with Gasteiger partial charge in [-0.15, -0.1) is 11.6 Å². The highest BCUT2D eigenvalue weighted by atomic mass is 79.9. The molecule has 0 aliphatic rings. The van der Waals surface area contributed by atoms with Crippen molar-refractivity contribution in [3.8, 4) is 5.75 Å². The van der Waals surface area contributed by atoms with Gasteiger partial charge in [-0.2, -0.15) is 0 Å². The summed E-state index contributed by atoms with van der Waals surface area (Å²) in [5.74, 6) is 0.593. The number of alkyl halides is 1. The van der Waals surface area contributed by atoms with Crippen LogP contribution < -0.4 is 4.89 Å². The minimum atomic E-state index is -1.17. The van der Waals surface area contributed by atoms with Gasteiger partial charge in [0.25, 0.3) is 0 Å². The molecule has 1 rings (SSSR count). The van der Waals surface area contributed by atoms with Crippen molar-refractivity contribution in [1.29, 1.82) is 0 Å². The largest absolute Gasteiger partial charge is 0.395 e. The molecule has 0 aliphatic carbocycles. The molecule has 1 aromatic rings. The Morgan fingerprint density at radius 1 is 1.29 bits per heavy atom. The fraction of sp³-hybridized carbons (Fsp3) is 0.333. The molecule has 17 heavy (non-hydrogen) atoms. The molecule has 0 saturated heterocycles. The Balaban J connectivity index is 2.40. The van der Waals surface area contributed by atoms with Crippen molar-refractivity contribution in [3.63, 3.8) is 0 Å².